The van der Waals surface area contributed by atoms with Gasteiger partial charge >= 0.3 is 0 Å². The molecular formula is C10H15NO2S. The lowest BCUT2D eigenvalue weighted by atomic mass is 10.1. The van der Waals surface area contributed by atoms with E-state index in [0.717, 1.165) is 36.7 Å². The molecule has 1 aromatic heterocycles. The van der Waals surface area contributed by atoms with Gasteiger partial charge in [-0.3, -0.25) is 4.21 Å². The van der Waals surface area contributed by atoms with Gasteiger partial charge in [-0.25, -0.2) is 0 Å². The molecule has 1 aliphatic rings. The molecule has 1 fully saturated rings. The minimum absolute atomic E-state index is 0.512. The number of nitrogens with one attached hydrogen (secondary N) is 1. The van der Waals surface area contributed by atoms with Crippen molar-refractivity contribution in [2.45, 2.75) is 25.4 Å². The summed E-state index contributed by atoms with van der Waals surface area (Å²) >= 11 is 0. The monoisotopic (exact) mass is 213 g/mol. The van der Waals surface area contributed by atoms with Gasteiger partial charge in [-0.1, -0.05) is 0 Å². The van der Waals surface area contributed by atoms with Crippen molar-refractivity contribution in [1.82, 2.24) is 5.32 Å². The molecule has 0 bridgehead atoms. The molecule has 0 radical (unpaired) electrons. The second-order valence-corrected chi connectivity index (χ2v) is 5.28. The van der Waals surface area contributed by atoms with Crippen LogP contribution in [0.15, 0.2) is 22.8 Å². The first kappa shape index (κ1) is 9.93. The summed E-state index contributed by atoms with van der Waals surface area (Å²) < 4.78 is 16.3. The van der Waals surface area contributed by atoms with Crippen LogP contribution in [-0.2, 0) is 17.3 Å². The average Bonchev–Trinajstić information content (AvgIpc) is 2.70. The molecule has 2 rings (SSSR count). The molecule has 1 N–H and O–H groups in total. The quantitative estimate of drug-likeness (QED) is 0.822. The second kappa shape index (κ2) is 4.75. The van der Waals surface area contributed by atoms with Crippen LogP contribution in [0.2, 0.25) is 0 Å². The first-order valence-corrected chi connectivity index (χ1v) is 6.44. The number of hydrogen-bond donors (Lipinski definition) is 1. The molecule has 1 aliphatic heterocycles. The SMILES string of the molecule is O=S1CCC(NCc2ccco2)CC1. The third-order valence-electron chi connectivity index (χ3n) is 2.53. The van der Waals surface area contributed by atoms with Crippen molar-refractivity contribution >= 4 is 10.8 Å². The molecule has 0 aliphatic carbocycles. The van der Waals surface area contributed by atoms with E-state index in [2.05, 4.69) is 5.32 Å². The van der Waals surface area contributed by atoms with Crippen LogP contribution in [0.4, 0.5) is 0 Å². The minimum atomic E-state index is -0.565. The van der Waals surface area contributed by atoms with E-state index in [-0.39, 0.29) is 0 Å². The van der Waals surface area contributed by atoms with E-state index < -0.39 is 10.8 Å². The second-order valence-electron chi connectivity index (χ2n) is 3.58. The third-order valence-corrected chi connectivity index (χ3v) is 3.92. The molecule has 0 aromatic carbocycles. The van der Waals surface area contributed by atoms with Crippen molar-refractivity contribution in [2.75, 3.05) is 11.5 Å². The van der Waals surface area contributed by atoms with Gasteiger partial charge in [0.25, 0.3) is 0 Å². The lowest BCUT2D eigenvalue weighted by Gasteiger charge is -2.21. The highest BCUT2D eigenvalue weighted by molar-refractivity contribution is 7.85. The van der Waals surface area contributed by atoms with E-state index in [9.17, 15) is 4.21 Å². The van der Waals surface area contributed by atoms with Gasteiger partial charge in [-0.15, -0.1) is 0 Å². The molecule has 0 amide bonds. The van der Waals surface area contributed by atoms with Crippen molar-refractivity contribution in [3.63, 3.8) is 0 Å². The molecule has 4 heteroatoms. The molecule has 0 unspecified atom stereocenters. The maximum Gasteiger partial charge on any atom is 0.117 e. The standard InChI is InChI=1S/C10H15NO2S/c12-14-6-3-9(4-7-14)11-8-10-2-1-5-13-10/h1-2,5,9,11H,3-4,6-8H2. The summed E-state index contributed by atoms with van der Waals surface area (Å²) in [6.07, 6.45) is 3.73. The van der Waals surface area contributed by atoms with Gasteiger partial charge < -0.3 is 9.73 Å². The molecule has 78 valence electrons. The Morgan fingerprint density at radius 2 is 2.29 bits per heavy atom. The van der Waals surface area contributed by atoms with Gasteiger partial charge in [0, 0.05) is 28.3 Å². The fraction of sp³-hybridized carbons (Fsp3) is 0.600. The summed E-state index contributed by atoms with van der Waals surface area (Å²) in [7, 11) is -0.565. The van der Waals surface area contributed by atoms with Gasteiger partial charge in [0.05, 0.1) is 12.8 Å². The summed E-state index contributed by atoms with van der Waals surface area (Å²) in [5, 5.41) is 3.42. The van der Waals surface area contributed by atoms with Crippen molar-refractivity contribution < 1.29 is 8.63 Å². The molecule has 3 nitrogen and oxygen atoms in total. The Labute approximate surface area is 86.3 Å². The lowest BCUT2D eigenvalue weighted by molar-refractivity contribution is 0.425. The van der Waals surface area contributed by atoms with E-state index in [1.54, 1.807) is 6.26 Å². The van der Waals surface area contributed by atoms with Gasteiger partial charge in [-0.2, -0.15) is 0 Å². The highest BCUT2D eigenvalue weighted by Crippen LogP contribution is 2.10. The first-order chi connectivity index (χ1) is 6.84. The van der Waals surface area contributed by atoms with Crippen LogP contribution >= 0.6 is 0 Å². The maximum atomic E-state index is 11.1. The highest BCUT2D eigenvalue weighted by atomic mass is 32.2. The van der Waals surface area contributed by atoms with Crippen LogP contribution in [0.5, 0.6) is 0 Å². The molecule has 0 spiro atoms. The van der Waals surface area contributed by atoms with Crippen LogP contribution < -0.4 is 5.32 Å². The summed E-state index contributed by atoms with van der Waals surface area (Å²) in [6, 6.07) is 4.37. The van der Waals surface area contributed by atoms with Gasteiger partial charge in [0.2, 0.25) is 0 Å². The zero-order valence-electron chi connectivity index (χ0n) is 8.07. The largest absolute Gasteiger partial charge is 0.468 e. The summed E-state index contributed by atoms with van der Waals surface area (Å²) in [4.78, 5) is 0. The van der Waals surface area contributed by atoms with E-state index in [1.807, 2.05) is 12.1 Å². The minimum Gasteiger partial charge on any atom is -0.468 e. The number of hydrogen-bond acceptors (Lipinski definition) is 3. The Bertz CT molecular complexity index is 287. The molecule has 1 saturated heterocycles. The number of rotatable bonds is 3. The predicted molar refractivity (Wildman–Crippen MR) is 56.4 cm³/mol. The molecule has 1 aromatic rings. The summed E-state index contributed by atoms with van der Waals surface area (Å²) in [5.41, 5.74) is 0. The van der Waals surface area contributed by atoms with Gasteiger partial charge in [0.1, 0.15) is 5.76 Å². The van der Waals surface area contributed by atoms with E-state index in [4.69, 9.17) is 4.42 Å². The van der Waals surface area contributed by atoms with Crippen LogP contribution in [0.25, 0.3) is 0 Å². The van der Waals surface area contributed by atoms with Crippen LogP contribution in [0.3, 0.4) is 0 Å². The summed E-state index contributed by atoms with van der Waals surface area (Å²) in [5.74, 6) is 2.66. The number of furan rings is 1. The average molecular weight is 213 g/mol. The summed E-state index contributed by atoms with van der Waals surface area (Å²) in [6.45, 7) is 0.782. The zero-order valence-corrected chi connectivity index (χ0v) is 8.89. The van der Waals surface area contributed by atoms with Crippen molar-refractivity contribution in [3.8, 4) is 0 Å². The van der Waals surface area contributed by atoms with E-state index in [1.165, 1.54) is 0 Å². The molecular weight excluding hydrogens is 198 g/mol. The van der Waals surface area contributed by atoms with E-state index >= 15 is 0 Å². The third kappa shape index (κ3) is 2.69. The molecule has 2 heterocycles. The Morgan fingerprint density at radius 3 is 2.93 bits per heavy atom. The topological polar surface area (TPSA) is 42.2 Å². The first-order valence-electron chi connectivity index (χ1n) is 4.95. The zero-order chi connectivity index (χ0) is 9.80. The van der Waals surface area contributed by atoms with Crippen molar-refractivity contribution in [3.05, 3.63) is 24.2 Å². The fourth-order valence-electron chi connectivity index (χ4n) is 1.66. The highest BCUT2D eigenvalue weighted by Gasteiger charge is 2.17. The Hall–Kier alpha value is -0.610. The Kier molecular flexibility index (Phi) is 3.37. The van der Waals surface area contributed by atoms with Crippen LogP contribution in [0, 0.1) is 0 Å². The van der Waals surface area contributed by atoms with Crippen LogP contribution in [0.1, 0.15) is 18.6 Å². The maximum absolute atomic E-state index is 11.1. The molecule has 0 atom stereocenters. The Balaban J connectivity index is 1.73. The van der Waals surface area contributed by atoms with Crippen molar-refractivity contribution in [1.29, 1.82) is 0 Å². The van der Waals surface area contributed by atoms with E-state index in [0.29, 0.717) is 6.04 Å². The van der Waals surface area contributed by atoms with Crippen LogP contribution in [-0.4, -0.2) is 21.8 Å². The van der Waals surface area contributed by atoms with Gasteiger partial charge in [0.15, 0.2) is 0 Å². The predicted octanol–water partition coefficient (Wildman–Crippen LogP) is 1.28. The molecule has 0 saturated carbocycles. The normalized spacial score (nSPS) is 27.7. The smallest absolute Gasteiger partial charge is 0.117 e. The lowest BCUT2D eigenvalue weighted by Crippen LogP contribution is -2.35. The van der Waals surface area contributed by atoms with Crippen molar-refractivity contribution in [2.24, 2.45) is 0 Å². The van der Waals surface area contributed by atoms with Gasteiger partial charge in [-0.05, 0) is 25.0 Å². The molecule has 14 heavy (non-hydrogen) atoms. The Morgan fingerprint density at radius 1 is 1.50 bits per heavy atom. The fourth-order valence-corrected chi connectivity index (χ4v) is 2.95.